The van der Waals surface area contributed by atoms with Gasteiger partial charge in [-0.2, -0.15) is 0 Å². The summed E-state index contributed by atoms with van der Waals surface area (Å²) < 4.78 is 39.7. The van der Waals surface area contributed by atoms with Crippen molar-refractivity contribution in [2.45, 2.75) is 95.1 Å². The Labute approximate surface area is 209 Å². The minimum Gasteiger partial charge on any atom is -0.443 e. The molecule has 2 aliphatic rings. The molecule has 1 amide bonds. The van der Waals surface area contributed by atoms with E-state index in [1.165, 1.54) is 16.7 Å². The van der Waals surface area contributed by atoms with E-state index in [4.69, 9.17) is 18.6 Å². The maximum atomic E-state index is 15.8. The van der Waals surface area contributed by atoms with E-state index in [1.807, 2.05) is 0 Å². The molecule has 2 heterocycles. The molecule has 0 aromatic heterocycles. The van der Waals surface area contributed by atoms with Crippen LogP contribution in [0.2, 0.25) is 18.1 Å². The van der Waals surface area contributed by atoms with Crippen LogP contribution in [-0.4, -0.2) is 79.7 Å². The van der Waals surface area contributed by atoms with Crippen LogP contribution in [0.5, 0.6) is 0 Å². The summed E-state index contributed by atoms with van der Waals surface area (Å²) in [6.45, 7) is 24.1. The fraction of sp³-hybridized carbons (Fsp3) is 0.750. The minimum atomic E-state index is -2.08. The summed E-state index contributed by atoms with van der Waals surface area (Å²) in [7, 11) is -2.08. The van der Waals surface area contributed by atoms with Crippen molar-refractivity contribution in [1.82, 2.24) is 4.90 Å². The van der Waals surface area contributed by atoms with Crippen LogP contribution in [0.3, 0.4) is 0 Å². The summed E-state index contributed by atoms with van der Waals surface area (Å²) in [5.74, 6) is 0. The first-order valence-electron chi connectivity index (χ1n) is 11.6. The number of amides is 1. The van der Waals surface area contributed by atoms with E-state index in [0.717, 1.165) is 0 Å². The van der Waals surface area contributed by atoms with Gasteiger partial charge < -0.3 is 18.6 Å². The maximum absolute atomic E-state index is 15.8. The highest BCUT2D eigenvalue weighted by atomic mass is 32.2. The number of fused-ring (bicyclic) bond motifs is 1. The lowest BCUT2D eigenvalue weighted by Gasteiger charge is -2.42. The lowest BCUT2D eigenvalue weighted by Crippen LogP contribution is -2.56. The molecule has 0 saturated carbocycles. The average molecular weight is 517 g/mol. The second-order valence-corrected chi connectivity index (χ2v) is 16.9. The number of carbonyl (C=O) groups excluding carboxylic acids is 1. The second-order valence-electron chi connectivity index (χ2n) is 11.0. The Morgan fingerprint density at radius 2 is 1.88 bits per heavy atom. The standard InChI is InChI=1S/C24H41FN2O5SSi/c1-11-13-27(22(28)32-23(3,4)5)21-26-18-17(25)19(29-14-12-2)16(31-20(18)33-21)15-30-34(9,10)24(6,7)8/h11-12,16-20H,1-2,13-15H2,3-10H3/t16-,17-,18-,19-,20-/m1/s1. The first kappa shape index (κ1) is 29.0. The molecule has 194 valence electrons. The summed E-state index contributed by atoms with van der Waals surface area (Å²) >= 11 is 1.21. The molecule has 0 aliphatic carbocycles. The number of aliphatic imine (C=N–C) groups is 1. The van der Waals surface area contributed by atoms with Crippen molar-refractivity contribution in [3.63, 3.8) is 0 Å². The van der Waals surface area contributed by atoms with Crippen molar-refractivity contribution in [2.75, 3.05) is 19.8 Å². The third-order valence-electron chi connectivity index (χ3n) is 6.05. The number of hydrogen-bond donors (Lipinski definition) is 0. The number of amidine groups is 1. The van der Waals surface area contributed by atoms with Gasteiger partial charge >= 0.3 is 6.09 Å². The molecule has 0 spiro atoms. The zero-order valence-electron chi connectivity index (χ0n) is 21.8. The molecular weight excluding hydrogens is 475 g/mol. The van der Waals surface area contributed by atoms with E-state index < -0.39 is 49.9 Å². The van der Waals surface area contributed by atoms with E-state index in [2.05, 4.69) is 52.0 Å². The summed E-state index contributed by atoms with van der Waals surface area (Å²) in [5.41, 5.74) is -1.28. The summed E-state index contributed by atoms with van der Waals surface area (Å²) in [6.07, 6.45) is -0.305. The number of carbonyl (C=O) groups is 1. The van der Waals surface area contributed by atoms with Gasteiger partial charge in [-0.05, 0) is 38.9 Å². The SMILES string of the molecule is C=CCO[C@H]1[C@H](F)[C@H]2N=C(N(CC=C)C(=O)OC(C)(C)C)S[C@H]2O[C@@H]1CO[Si](C)(C)C(C)(C)C. The van der Waals surface area contributed by atoms with Gasteiger partial charge in [-0.1, -0.05) is 44.7 Å². The molecule has 2 rings (SSSR count). The smallest absolute Gasteiger partial charge is 0.416 e. The van der Waals surface area contributed by atoms with Gasteiger partial charge in [-0.3, -0.25) is 9.89 Å². The molecule has 1 saturated heterocycles. The first-order chi connectivity index (χ1) is 15.6. The number of alkyl halides is 1. The molecule has 5 atom stereocenters. The molecule has 0 aromatic rings. The lowest BCUT2D eigenvalue weighted by molar-refractivity contribution is -0.161. The quantitative estimate of drug-likeness (QED) is 0.312. The molecule has 0 aromatic carbocycles. The summed E-state index contributed by atoms with van der Waals surface area (Å²) in [6, 6.07) is -0.811. The van der Waals surface area contributed by atoms with Crippen LogP contribution in [0, 0.1) is 0 Å². The van der Waals surface area contributed by atoms with Crippen LogP contribution in [0.25, 0.3) is 0 Å². The van der Waals surface area contributed by atoms with E-state index in [9.17, 15) is 4.79 Å². The molecule has 2 aliphatic heterocycles. The van der Waals surface area contributed by atoms with Gasteiger partial charge in [0.1, 0.15) is 29.3 Å². The molecular formula is C24H41FN2O5SSi. The first-order valence-corrected chi connectivity index (χ1v) is 15.4. The van der Waals surface area contributed by atoms with Crippen LogP contribution < -0.4 is 0 Å². The Morgan fingerprint density at radius 1 is 1.24 bits per heavy atom. The molecule has 10 heteroatoms. The van der Waals surface area contributed by atoms with Gasteiger partial charge in [0.2, 0.25) is 0 Å². The van der Waals surface area contributed by atoms with Gasteiger partial charge in [0, 0.05) is 6.54 Å². The predicted molar refractivity (Wildman–Crippen MR) is 139 cm³/mol. The predicted octanol–water partition coefficient (Wildman–Crippen LogP) is 5.54. The Balaban J connectivity index is 2.23. The highest BCUT2D eigenvalue weighted by molar-refractivity contribution is 8.14. The van der Waals surface area contributed by atoms with Gasteiger partial charge in [-0.15, -0.1) is 13.2 Å². The highest BCUT2D eigenvalue weighted by Crippen LogP contribution is 2.41. The van der Waals surface area contributed by atoms with Gasteiger partial charge in [0.05, 0.1) is 13.2 Å². The molecule has 0 unspecified atom stereocenters. The van der Waals surface area contributed by atoms with Crippen molar-refractivity contribution >= 4 is 31.3 Å². The fourth-order valence-corrected chi connectivity index (χ4v) is 5.43. The molecule has 34 heavy (non-hydrogen) atoms. The minimum absolute atomic E-state index is 0.00772. The zero-order chi connectivity index (χ0) is 25.9. The Hall–Kier alpha value is -1.20. The highest BCUT2D eigenvalue weighted by Gasteiger charge is 2.52. The van der Waals surface area contributed by atoms with Crippen molar-refractivity contribution in [1.29, 1.82) is 0 Å². The maximum Gasteiger partial charge on any atom is 0.416 e. The largest absolute Gasteiger partial charge is 0.443 e. The van der Waals surface area contributed by atoms with Gasteiger partial charge in [-0.25, -0.2) is 9.18 Å². The Kier molecular flexibility index (Phi) is 9.60. The molecule has 0 N–H and O–H groups in total. The van der Waals surface area contributed by atoms with Crippen molar-refractivity contribution in [2.24, 2.45) is 4.99 Å². The topological polar surface area (TPSA) is 69.6 Å². The van der Waals surface area contributed by atoms with Crippen LogP contribution in [-0.2, 0) is 18.6 Å². The Morgan fingerprint density at radius 3 is 2.41 bits per heavy atom. The van der Waals surface area contributed by atoms with Crippen molar-refractivity contribution < 1.29 is 27.8 Å². The van der Waals surface area contributed by atoms with Gasteiger partial charge in [0.15, 0.2) is 19.7 Å². The van der Waals surface area contributed by atoms with Gasteiger partial charge in [0.25, 0.3) is 0 Å². The third-order valence-corrected chi connectivity index (χ3v) is 11.7. The molecule has 1 fully saturated rings. The normalized spacial score (nSPS) is 27.6. The number of halogens is 1. The van der Waals surface area contributed by atoms with Crippen LogP contribution >= 0.6 is 11.8 Å². The van der Waals surface area contributed by atoms with Crippen LogP contribution in [0.1, 0.15) is 41.5 Å². The van der Waals surface area contributed by atoms with Crippen molar-refractivity contribution in [3.05, 3.63) is 25.3 Å². The number of ether oxygens (including phenoxy) is 3. The van der Waals surface area contributed by atoms with E-state index in [0.29, 0.717) is 5.17 Å². The summed E-state index contributed by atoms with van der Waals surface area (Å²) in [4.78, 5) is 18.7. The van der Waals surface area contributed by atoms with Crippen molar-refractivity contribution in [3.8, 4) is 0 Å². The Bertz CT molecular complexity index is 780. The van der Waals surface area contributed by atoms with Crippen LogP contribution in [0.4, 0.5) is 9.18 Å². The molecule has 7 nitrogen and oxygen atoms in total. The van der Waals surface area contributed by atoms with E-state index >= 15 is 4.39 Å². The van der Waals surface area contributed by atoms with E-state index in [1.54, 1.807) is 32.9 Å². The fourth-order valence-electron chi connectivity index (χ4n) is 3.20. The zero-order valence-corrected chi connectivity index (χ0v) is 23.6. The monoisotopic (exact) mass is 516 g/mol. The summed E-state index contributed by atoms with van der Waals surface area (Å²) in [5, 5.41) is 0.355. The number of thioether (sulfide) groups is 1. The number of nitrogens with zero attached hydrogens (tertiary/aromatic N) is 2. The third kappa shape index (κ3) is 7.16. The molecule has 0 bridgehead atoms. The second kappa shape index (κ2) is 11.2. The lowest BCUT2D eigenvalue weighted by atomic mass is 10.00. The number of hydrogen-bond acceptors (Lipinski definition) is 7. The van der Waals surface area contributed by atoms with E-state index in [-0.39, 0.29) is 24.8 Å². The number of rotatable bonds is 8. The average Bonchev–Trinajstić information content (AvgIpc) is 3.11. The molecule has 0 radical (unpaired) electrons. The van der Waals surface area contributed by atoms with Crippen LogP contribution in [0.15, 0.2) is 30.3 Å².